The van der Waals surface area contributed by atoms with Crippen LogP contribution in [0, 0.1) is 0 Å². The Kier molecular flexibility index (Phi) is 3.36. The molecule has 0 amide bonds. The van der Waals surface area contributed by atoms with E-state index in [-0.39, 0.29) is 0 Å². The highest BCUT2D eigenvalue weighted by Crippen LogP contribution is 2.18. The van der Waals surface area contributed by atoms with Crippen LogP contribution in [0.25, 0.3) is 0 Å². The molecule has 0 aliphatic heterocycles. The predicted molar refractivity (Wildman–Crippen MR) is 70.9 cm³/mol. The molecule has 84 valence electrons. The minimum Gasteiger partial charge on any atom is -0.387 e. The summed E-state index contributed by atoms with van der Waals surface area (Å²) < 4.78 is 1.98. The Bertz CT molecular complexity index is 499. The van der Waals surface area contributed by atoms with E-state index >= 15 is 0 Å². The van der Waals surface area contributed by atoms with Gasteiger partial charge >= 0.3 is 0 Å². The Morgan fingerprint density at radius 2 is 2.25 bits per heavy atom. The standard InChI is InChI=1S/C11H13N3S2/c1-2-8-3-4-9(16-8)7-14-6-5-13-11(14)10(12)15/h3-6H,2,7H2,1H3,(H2,12,15). The van der Waals surface area contributed by atoms with Gasteiger partial charge < -0.3 is 10.3 Å². The zero-order valence-electron chi connectivity index (χ0n) is 9.01. The molecular formula is C11H13N3S2. The fraction of sp³-hybridized carbons (Fsp3) is 0.273. The number of aryl methyl sites for hydroxylation is 1. The van der Waals surface area contributed by atoms with Gasteiger partial charge in [-0.2, -0.15) is 0 Å². The summed E-state index contributed by atoms with van der Waals surface area (Å²) in [5.74, 6) is 0.682. The van der Waals surface area contributed by atoms with Crippen molar-refractivity contribution in [3.05, 3.63) is 40.1 Å². The van der Waals surface area contributed by atoms with Gasteiger partial charge in [0.05, 0.1) is 6.54 Å². The molecule has 0 aliphatic rings. The number of nitrogens with zero attached hydrogens (tertiary/aromatic N) is 2. The van der Waals surface area contributed by atoms with Crippen LogP contribution in [0.4, 0.5) is 0 Å². The van der Waals surface area contributed by atoms with Crippen LogP contribution in [0.3, 0.4) is 0 Å². The Morgan fingerprint density at radius 3 is 2.88 bits per heavy atom. The van der Waals surface area contributed by atoms with E-state index in [1.807, 2.05) is 22.1 Å². The van der Waals surface area contributed by atoms with E-state index in [9.17, 15) is 0 Å². The molecule has 5 heteroatoms. The maximum atomic E-state index is 5.60. The average Bonchev–Trinajstić information content (AvgIpc) is 2.87. The molecule has 0 unspecified atom stereocenters. The first kappa shape index (κ1) is 11.3. The zero-order chi connectivity index (χ0) is 11.5. The van der Waals surface area contributed by atoms with Crippen molar-refractivity contribution in [2.24, 2.45) is 5.73 Å². The minimum absolute atomic E-state index is 0.345. The van der Waals surface area contributed by atoms with E-state index in [1.165, 1.54) is 9.75 Å². The third-order valence-electron chi connectivity index (χ3n) is 2.33. The Morgan fingerprint density at radius 1 is 1.50 bits per heavy atom. The fourth-order valence-corrected chi connectivity index (χ4v) is 2.65. The van der Waals surface area contributed by atoms with Crippen molar-refractivity contribution in [3.63, 3.8) is 0 Å². The molecule has 2 N–H and O–H groups in total. The zero-order valence-corrected chi connectivity index (χ0v) is 10.6. The van der Waals surface area contributed by atoms with Crippen LogP contribution in [-0.4, -0.2) is 14.5 Å². The highest BCUT2D eigenvalue weighted by molar-refractivity contribution is 7.80. The third-order valence-corrected chi connectivity index (χ3v) is 3.72. The maximum absolute atomic E-state index is 5.60. The average molecular weight is 251 g/mol. The van der Waals surface area contributed by atoms with E-state index < -0.39 is 0 Å². The molecule has 3 nitrogen and oxygen atoms in total. The van der Waals surface area contributed by atoms with Gasteiger partial charge in [-0.25, -0.2) is 4.98 Å². The van der Waals surface area contributed by atoms with Crippen LogP contribution in [0.5, 0.6) is 0 Å². The van der Waals surface area contributed by atoms with E-state index in [0.29, 0.717) is 10.8 Å². The van der Waals surface area contributed by atoms with Crippen LogP contribution in [0.1, 0.15) is 22.5 Å². The van der Waals surface area contributed by atoms with Crippen molar-refractivity contribution in [1.29, 1.82) is 0 Å². The molecule has 0 aliphatic carbocycles. The molecule has 0 aromatic carbocycles. The number of imidazole rings is 1. The number of aromatic nitrogens is 2. The second-order valence-electron chi connectivity index (χ2n) is 3.46. The topological polar surface area (TPSA) is 43.8 Å². The van der Waals surface area contributed by atoms with Crippen molar-refractivity contribution >= 4 is 28.5 Å². The van der Waals surface area contributed by atoms with E-state index in [4.69, 9.17) is 18.0 Å². The predicted octanol–water partition coefficient (Wildman–Crippen LogP) is 2.19. The molecular weight excluding hydrogens is 238 g/mol. The van der Waals surface area contributed by atoms with Gasteiger partial charge in [0.15, 0.2) is 5.82 Å². The highest BCUT2D eigenvalue weighted by Gasteiger charge is 2.07. The molecule has 0 fully saturated rings. The molecule has 16 heavy (non-hydrogen) atoms. The Balaban J connectivity index is 2.20. The number of nitrogens with two attached hydrogens (primary N) is 1. The molecule has 0 atom stereocenters. The molecule has 2 aromatic heterocycles. The van der Waals surface area contributed by atoms with Crippen molar-refractivity contribution in [2.75, 3.05) is 0 Å². The van der Waals surface area contributed by atoms with Crippen LogP contribution < -0.4 is 5.73 Å². The number of hydrogen-bond acceptors (Lipinski definition) is 3. The van der Waals surface area contributed by atoms with Crippen LogP contribution >= 0.6 is 23.6 Å². The third kappa shape index (κ3) is 2.31. The lowest BCUT2D eigenvalue weighted by Gasteiger charge is -2.04. The van der Waals surface area contributed by atoms with Gasteiger partial charge in [0.1, 0.15) is 4.99 Å². The molecule has 0 saturated carbocycles. The molecule has 0 bridgehead atoms. The van der Waals surface area contributed by atoms with Gasteiger partial charge in [-0.05, 0) is 18.6 Å². The first-order valence-corrected chi connectivity index (χ1v) is 6.31. The lowest BCUT2D eigenvalue weighted by Crippen LogP contribution is -2.16. The van der Waals surface area contributed by atoms with Gasteiger partial charge in [-0.3, -0.25) is 0 Å². The number of hydrogen-bond donors (Lipinski definition) is 1. The summed E-state index contributed by atoms with van der Waals surface area (Å²) in [6, 6.07) is 4.31. The quantitative estimate of drug-likeness (QED) is 0.847. The lowest BCUT2D eigenvalue weighted by atomic mass is 10.3. The summed E-state index contributed by atoms with van der Waals surface area (Å²) in [7, 11) is 0. The number of rotatable bonds is 4. The van der Waals surface area contributed by atoms with E-state index in [1.54, 1.807) is 6.20 Å². The minimum atomic E-state index is 0.345. The smallest absolute Gasteiger partial charge is 0.167 e. The second kappa shape index (κ2) is 4.76. The summed E-state index contributed by atoms with van der Waals surface area (Å²) in [4.78, 5) is 7.18. The van der Waals surface area contributed by atoms with Gasteiger partial charge in [0.25, 0.3) is 0 Å². The monoisotopic (exact) mass is 251 g/mol. The summed E-state index contributed by atoms with van der Waals surface area (Å²) >= 11 is 6.76. The first-order chi connectivity index (χ1) is 7.70. The highest BCUT2D eigenvalue weighted by atomic mass is 32.1. The van der Waals surface area contributed by atoms with Crippen LogP contribution in [-0.2, 0) is 13.0 Å². The maximum Gasteiger partial charge on any atom is 0.167 e. The van der Waals surface area contributed by atoms with Gasteiger partial charge in [0, 0.05) is 22.1 Å². The summed E-state index contributed by atoms with van der Waals surface area (Å²) in [5.41, 5.74) is 5.60. The van der Waals surface area contributed by atoms with Crippen molar-refractivity contribution in [2.45, 2.75) is 19.9 Å². The van der Waals surface area contributed by atoms with Crippen LogP contribution in [0.15, 0.2) is 24.5 Å². The second-order valence-corrected chi connectivity index (χ2v) is 5.16. The largest absolute Gasteiger partial charge is 0.387 e. The van der Waals surface area contributed by atoms with Crippen LogP contribution in [0.2, 0.25) is 0 Å². The normalized spacial score (nSPS) is 10.6. The molecule has 0 radical (unpaired) electrons. The first-order valence-electron chi connectivity index (χ1n) is 5.09. The number of thiocarbonyl (C=S) groups is 1. The molecule has 2 heterocycles. The summed E-state index contributed by atoms with van der Waals surface area (Å²) in [6.45, 7) is 2.95. The van der Waals surface area contributed by atoms with Gasteiger partial charge in [0.2, 0.25) is 0 Å². The summed E-state index contributed by atoms with van der Waals surface area (Å²) in [5, 5.41) is 0. The fourth-order valence-electron chi connectivity index (χ4n) is 1.53. The Hall–Kier alpha value is -1.20. The molecule has 0 spiro atoms. The molecule has 2 rings (SSSR count). The summed E-state index contributed by atoms with van der Waals surface area (Å²) in [6.07, 6.45) is 4.71. The van der Waals surface area contributed by atoms with Crippen molar-refractivity contribution in [3.8, 4) is 0 Å². The SMILES string of the molecule is CCc1ccc(Cn2ccnc2C(N)=S)s1. The lowest BCUT2D eigenvalue weighted by molar-refractivity contribution is 0.800. The molecule has 0 saturated heterocycles. The molecule has 2 aromatic rings. The van der Waals surface area contributed by atoms with Crippen molar-refractivity contribution in [1.82, 2.24) is 9.55 Å². The van der Waals surface area contributed by atoms with Gasteiger partial charge in [-0.15, -0.1) is 11.3 Å². The van der Waals surface area contributed by atoms with Gasteiger partial charge in [-0.1, -0.05) is 19.1 Å². The van der Waals surface area contributed by atoms with E-state index in [0.717, 1.165) is 13.0 Å². The Labute approximate surface area is 104 Å². The van der Waals surface area contributed by atoms with E-state index in [2.05, 4.69) is 24.0 Å². The van der Waals surface area contributed by atoms with Crippen molar-refractivity contribution < 1.29 is 0 Å². The number of thiophene rings is 1.